The fourth-order valence-electron chi connectivity index (χ4n) is 7.84. The van der Waals surface area contributed by atoms with Gasteiger partial charge in [-0.1, -0.05) is 121 Å². The van der Waals surface area contributed by atoms with Gasteiger partial charge in [-0.25, -0.2) is 0 Å². The van der Waals surface area contributed by atoms with E-state index in [1.165, 1.54) is 49.0 Å². The maximum absolute atomic E-state index is 6.47. The number of rotatable bonds is 4. The lowest BCUT2D eigenvalue weighted by molar-refractivity contribution is 0.669. The van der Waals surface area contributed by atoms with Crippen molar-refractivity contribution >= 4 is 77.4 Å². The Hall–Kier alpha value is -6.12. The molecule has 0 radical (unpaired) electrons. The number of hydrogen-bond acceptors (Lipinski definition) is 2. The average molecular weight is 614 g/mol. The molecule has 48 heavy (non-hydrogen) atoms. The SMILES string of the molecule is C1=CC(c2ccc(N(c3ccccc3)c3cccc4oc5cc6ccccc6cc5c34)cc2)Cc2ccc3ccc4ccccc4c3c21. The van der Waals surface area contributed by atoms with E-state index in [9.17, 15) is 0 Å². The van der Waals surface area contributed by atoms with Crippen LogP contribution in [0.1, 0.15) is 22.6 Å². The minimum Gasteiger partial charge on any atom is -0.456 e. The zero-order chi connectivity index (χ0) is 31.6. The van der Waals surface area contributed by atoms with Crippen LogP contribution in [0.5, 0.6) is 0 Å². The highest BCUT2D eigenvalue weighted by molar-refractivity contribution is 6.16. The third kappa shape index (κ3) is 4.27. The topological polar surface area (TPSA) is 16.4 Å². The molecule has 1 aliphatic rings. The van der Waals surface area contributed by atoms with E-state index < -0.39 is 0 Å². The predicted octanol–water partition coefficient (Wildman–Crippen LogP) is 12.9. The fourth-order valence-corrected chi connectivity index (χ4v) is 7.84. The highest BCUT2D eigenvalue weighted by atomic mass is 16.3. The van der Waals surface area contributed by atoms with Crippen LogP contribution >= 0.6 is 0 Å². The highest BCUT2D eigenvalue weighted by Gasteiger charge is 2.22. The molecule has 0 aliphatic heterocycles. The van der Waals surface area contributed by atoms with Crippen molar-refractivity contribution in [3.63, 3.8) is 0 Å². The van der Waals surface area contributed by atoms with Gasteiger partial charge in [-0.05, 0) is 104 Å². The van der Waals surface area contributed by atoms with E-state index in [2.05, 4.69) is 175 Å². The van der Waals surface area contributed by atoms with Crippen LogP contribution in [0.2, 0.25) is 0 Å². The number of benzene rings is 8. The molecule has 0 saturated heterocycles. The Morgan fingerprint density at radius 3 is 2.06 bits per heavy atom. The molecule has 10 rings (SSSR count). The van der Waals surface area contributed by atoms with Gasteiger partial charge in [-0.2, -0.15) is 0 Å². The lowest BCUT2D eigenvalue weighted by Gasteiger charge is -2.27. The summed E-state index contributed by atoms with van der Waals surface area (Å²) in [6.07, 6.45) is 5.74. The Morgan fingerprint density at radius 2 is 1.21 bits per heavy atom. The lowest BCUT2D eigenvalue weighted by atomic mass is 9.82. The summed E-state index contributed by atoms with van der Waals surface area (Å²) in [6, 6.07) is 57.0. The van der Waals surface area contributed by atoms with Gasteiger partial charge in [0, 0.05) is 22.7 Å². The van der Waals surface area contributed by atoms with Crippen molar-refractivity contribution in [2.24, 2.45) is 0 Å². The molecule has 226 valence electrons. The minimum absolute atomic E-state index is 0.318. The van der Waals surface area contributed by atoms with E-state index in [0.29, 0.717) is 5.92 Å². The first-order valence-corrected chi connectivity index (χ1v) is 16.7. The Labute approximate surface area is 278 Å². The van der Waals surface area contributed by atoms with Crippen LogP contribution in [-0.2, 0) is 6.42 Å². The second-order valence-electron chi connectivity index (χ2n) is 12.9. The predicted molar refractivity (Wildman–Crippen MR) is 203 cm³/mol. The molecule has 1 atom stereocenters. The van der Waals surface area contributed by atoms with Gasteiger partial charge in [0.1, 0.15) is 11.2 Å². The molecule has 0 spiro atoms. The van der Waals surface area contributed by atoms with Crippen molar-refractivity contribution in [2.75, 3.05) is 4.90 Å². The summed E-state index contributed by atoms with van der Waals surface area (Å²) in [5.74, 6) is 0.318. The van der Waals surface area contributed by atoms with E-state index in [1.54, 1.807) is 0 Å². The second-order valence-corrected chi connectivity index (χ2v) is 12.9. The minimum atomic E-state index is 0.318. The summed E-state index contributed by atoms with van der Waals surface area (Å²) in [4.78, 5) is 2.36. The van der Waals surface area contributed by atoms with E-state index in [4.69, 9.17) is 4.42 Å². The molecule has 0 bridgehead atoms. The van der Waals surface area contributed by atoms with Crippen LogP contribution in [0, 0.1) is 0 Å². The van der Waals surface area contributed by atoms with Crippen molar-refractivity contribution < 1.29 is 4.42 Å². The van der Waals surface area contributed by atoms with Gasteiger partial charge < -0.3 is 9.32 Å². The van der Waals surface area contributed by atoms with Gasteiger partial charge >= 0.3 is 0 Å². The number of para-hydroxylation sites is 1. The first kappa shape index (κ1) is 27.0. The number of furan rings is 1. The molecule has 2 heteroatoms. The Kier molecular flexibility index (Phi) is 6.04. The third-order valence-corrected chi connectivity index (χ3v) is 10.2. The maximum atomic E-state index is 6.47. The third-order valence-electron chi connectivity index (χ3n) is 10.2. The van der Waals surface area contributed by atoms with Crippen molar-refractivity contribution in [1.82, 2.24) is 0 Å². The smallest absolute Gasteiger partial charge is 0.137 e. The van der Waals surface area contributed by atoms with Crippen LogP contribution in [0.25, 0.3) is 60.3 Å². The molecular weight excluding hydrogens is 583 g/mol. The Balaban J connectivity index is 1.06. The summed E-state index contributed by atoms with van der Waals surface area (Å²) in [5, 5.41) is 9.93. The zero-order valence-corrected chi connectivity index (χ0v) is 26.3. The van der Waals surface area contributed by atoms with Gasteiger partial charge in [-0.3, -0.25) is 0 Å². The molecule has 0 amide bonds. The molecule has 0 N–H and O–H groups in total. The summed E-state index contributed by atoms with van der Waals surface area (Å²) in [6.45, 7) is 0. The molecule has 9 aromatic rings. The monoisotopic (exact) mass is 613 g/mol. The number of hydrogen-bond donors (Lipinski definition) is 0. The van der Waals surface area contributed by atoms with E-state index in [0.717, 1.165) is 45.4 Å². The van der Waals surface area contributed by atoms with Gasteiger partial charge in [0.25, 0.3) is 0 Å². The van der Waals surface area contributed by atoms with Crippen LogP contribution < -0.4 is 4.90 Å². The van der Waals surface area contributed by atoms with Crippen molar-refractivity contribution in [3.05, 3.63) is 180 Å². The lowest BCUT2D eigenvalue weighted by Crippen LogP contribution is -2.11. The average Bonchev–Trinajstić information content (AvgIpc) is 3.52. The molecule has 8 aromatic carbocycles. The summed E-state index contributed by atoms with van der Waals surface area (Å²) < 4.78 is 6.47. The maximum Gasteiger partial charge on any atom is 0.137 e. The first-order chi connectivity index (χ1) is 23.8. The molecular formula is C46H31NO. The normalized spacial score (nSPS) is 14.3. The van der Waals surface area contributed by atoms with Gasteiger partial charge in [-0.15, -0.1) is 0 Å². The van der Waals surface area contributed by atoms with Crippen LogP contribution in [0.15, 0.2) is 168 Å². The molecule has 0 fully saturated rings. The van der Waals surface area contributed by atoms with E-state index in [1.807, 2.05) is 0 Å². The van der Waals surface area contributed by atoms with Gasteiger partial charge in [0.2, 0.25) is 0 Å². The largest absolute Gasteiger partial charge is 0.456 e. The zero-order valence-electron chi connectivity index (χ0n) is 26.3. The number of nitrogens with zero attached hydrogens (tertiary/aromatic N) is 1. The van der Waals surface area contributed by atoms with E-state index in [-0.39, 0.29) is 0 Å². The number of allylic oxidation sites excluding steroid dienone is 1. The Morgan fingerprint density at radius 1 is 0.500 bits per heavy atom. The molecule has 1 unspecified atom stereocenters. The molecule has 2 nitrogen and oxygen atoms in total. The van der Waals surface area contributed by atoms with Crippen LogP contribution in [0.3, 0.4) is 0 Å². The van der Waals surface area contributed by atoms with Crippen molar-refractivity contribution in [3.8, 4) is 0 Å². The molecule has 1 aromatic heterocycles. The number of fused-ring (bicyclic) bond motifs is 9. The molecule has 1 aliphatic carbocycles. The second kappa shape index (κ2) is 10.7. The van der Waals surface area contributed by atoms with Gasteiger partial charge in [0.15, 0.2) is 0 Å². The first-order valence-electron chi connectivity index (χ1n) is 16.7. The number of anilines is 3. The van der Waals surface area contributed by atoms with E-state index >= 15 is 0 Å². The quantitative estimate of drug-likeness (QED) is 0.184. The molecule has 1 heterocycles. The summed E-state index contributed by atoms with van der Waals surface area (Å²) in [7, 11) is 0. The van der Waals surface area contributed by atoms with Crippen LogP contribution in [-0.4, -0.2) is 0 Å². The standard InChI is InChI=1S/C46H31NO/c1-2-12-37(13-3-1)47(42-15-8-16-43-46(42)41-28-33-10-4-5-11-34(33)29-44(41)48-43)38-24-21-30(22-25-38)35-23-26-40-36(27-35)20-19-32-18-17-31-9-6-7-14-39(31)45(32)40/h1-26,28-29,35H,27H2. The fraction of sp³-hybridized carbons (Fsp3) is 0.0435. The summed E-state index contributed by atoms with van der Waals surface area (Å²) in [5.41, 5.74) is 9.22. The Bertz CT molecular complexity index is 2700. The molecule has 0 saturated carbocycles. The van der Waals surface area contributed by atoms with Crippen LogP contribution in [0.4, 0.5) is 17.1 Å². The highest BCUT2D eigenvalue weighted by Crippen LogP contribution is 2.44. The van der Waals surface area contributed by atoms with Crippen molar-refractivity contribution in [2.45, 2.75) is 12.3 Å². The summed E-state index contributed by atoms with van der Waals surface area (Å²) >= 11 is 0. The van der Waals surface area contributed by atoms with Crippen molar-refractivity contribution in [1.29, 1.82) is 0 Å². The van der Waals surface area contributed by atoms with Gasteiger partial charge in [0.05, 0.1) is 11.1 Å².